The molecule has 0 aromatic heterocycles. The molecule has 0 aliphatic heterocycles. The van der Waals surface area contributed by atoms with Crippen LogP contribution in [0.5, 0.6) is 0 Å². The number of halogens is 2. The number of hydrogen-bond acceptors (Lipinski definition) is 0. The topological polar surface area (TPSA) is 0 Å². The van der Waals surface area contributed by atoms with Gasteiger partial charge in [-0.15, -0.1) is 13.2 Å². The summed E-state index contributed by atoms with van der Waals surface area (Å²) in [6.07, 6.45) is 9.61. The smallest absolute Gasteiger partial charge is 1.00 e. The van der Waals surface area contributed by atoms with Gasteiger partial charge in [-0.2, -0.15) is 0 Å². The van der Waals surface area contributed by atoms with E-state index in [2.05, 4.69) is 87.7 Å². The van der Waals surface area contributed by atoms with E-state index in [0.29, 0.717) is 0 Å². The first-order valence-electron chi connectivity index (χ1n) is 8.04. The number of rotatable bonds is 2. The van der Waals surface area contributed by atoms with Crippen molar-refractivity contribution in [2.24, 2.45) is 0 Å². The molecule has 128 valence electrons. The number of benzene rings is 2. The van der Waals surface area contributed by atoms with Crippen LogP contribution in [0.15, 0.2) is 61.7 Å². The van der Waals surface area contributed by atoms with Crippen LogP contribution in [0.4, 0.5) is 0 Å². The number of hydrogen-bond donors (Lipinski definition) is 0. The van der Waals surface area contributed by atoms with Gasteiger partial charge >= 0.3 is 138 Å². The summed E-state index contributed by atoms with van der Waals surface area (Å²) < 4.78 is 1.50. The minimum atomic E-state index is -0.834. The van der Waals surface area contributed by atoms with Gasteiger partial charge in [0.25, 0.3) is 0 Å². The number of aryl methyl sites for hydroxylation is 2. The van der Waals surface area contributed by atoms with Crippen LogP contribution in [0.2, 0.25) is 0 Å². The molecule has 0 saturated carbocycles. The molecule has 0 radical (unpaired) electrons. The second kappa shape index (κ2) is 9.71. The van der Waals surface area contributed by atoms with E-state index in [1.165, 1.54) is 22.3 Å². The molecule has 2 atom stereocenters. The molecule has 25 heavy (non-hydrogen) atoms. The van der Waals surface area contributed by atoms with Crippen molar-refractivity contribution in [3.05, 3.63) is 95.1 Å². The third kappa shape index (κ3) is 4.64. The van der Waals surface area contributed by atoms with E-state index >= 15 is 0 Å². The van der Waals surface area contributed by atoms with E-state index < -0.39 is 22.9 Å². The minimum Gasteiger partial charge on any atom is -1.00 e. The molecule has 0 fully saturated rings. The Morgan fingerprint density at radius 2 is 1.12 bits per heavy atom. The molecule has 0 spiro atoms. The van der Waals surface area contributed by atoms with Gasteiger partial charge in [0.15, 0.2) is 0 Å². The van der Waals surface area contributed by atoms with Crippen LogP contribution in [0.1, 0.15) is 40.7 Å². The van der Waals surface area contributed by atoms with Crippen LogP contribution < -0.4 is 24.8 Å². The fourth-order valence-electron chi connectivity index (χ4n) is 3.32. The SMILES string of the molecule is C=C.Cc1ccc2c(c1)[CH]([Hf+2][CH]1C=Cc3ccc(C)cc31)C=C2.[Cl-].[Cl-]. The molecule has 2 unspecified atom stereocenters. The minimum absolute atomic E-state index is 0. The van der Waals surface area contributed by atoms with Gasteiger partial charge in [0.1, 0.15) is 0 Å². The van der Waals surface area contributed by atoms with Gasteiger partial charge in [-0.05, 0) is 0 Å². The Kier molecular flexibility index (Phi) is 8.60. The summed E-state index contributed by atoms with van der Waals surface area (Å²) in [7, 11) is 0. The fourth-order valence-corrected chi connectivity index (χ4v) is 9.29. The summed E-state index contributed by atoms with van der Waals surface area (Å²) in [5.41, 5.74) is 8.86. The van der Waals surface area contributed by atoms with Gasteiger partial charge < -0.3 is 24.8 Å². The molecule has 0 saturated heterocycles. The first-order chi connectivity index (χ1) is 11.2. The maximum Gasteiger partial charge on any atom is -1.00 e. The van der Waals surface area contributed by atoms with Crippen molar-refractivity contribution in [3.8, 4) is 0 Å². The molecule has 2 aromatic rings. The van der Waals surface area contributed by atoms with Crippen LogP contribution in [0.25, 0.3) is 12.2 Å². The first-order valence-corrected chi connectivity index (χ1v) is 12.2. The number of fused-ring (bicyclic) bond motifs is 2. The van der Waals surface area contributed by atoms with Crippen LogP contribution in [0, 0.1) is 13.8 Å². The van der Waals surface area contributed by atoms with E-state index in [4.69, 9.17) is 0 Å². The number of allylic oxidation sites excluding steroid dienone is 2. The zero-order valence-corrected chi connectivity index (χ0v) is 19.7. The van der Waals surface area contributed by atoms with Gasteiger partial charge in [0.05, 0.1) is 0 Å². The zero-order chi connectivity index (χ0) is 16.4. The molecule has 0 N–H and O–H groups in total. The molecule has 0 nitrogen and oxygen atoms in total. The molecular formula is C22H22Cl2Hf. The van der Waals surface area contributed by atoms with Crippen molar-refractivity contribution in [1.82, 2.24) is 0 Å². The summed E-state index contributed by atoms with van der Waals surface area (Å²) >= 11 is -0.834. The molecule has 2 aliphatic rings. The Labute approximate surface area is 175 Å². The maximum absolute atomic E-state index is 3.00. The van der Waals surface area contributed by atoms with Crippen LogP contribution in [0.3, 0.4) is 0 Å². The van der Waals surface area contributed by atoms with E-state index in [0.717, 1.165) is 7.35 Å². The quantitative estimate of drug-likeness (QED) is 0.376. The monoisotopic (exact) mass is 536 g/mol. The Balaban J connectivity index is 0.000000755. The molecule has 3 heteroatoms. The molecule has 2 aromatic carbocycles. The van der Waals surface area contributed by atoms with Crippen molar-refractivity contribution in [2.45, 2.75) is 21.2 Å². The van der Waals surface area contributed by atoms with E-state index in [-0.39, 0.29) is 24.8 Å². The largest absolute Gasteiger partial charge is 1.00 e. The normalized spacial score (nSPS) is 18.0. The summed E-state index contributed by atoms with van der Waals surface area (Å²) in [5.74, 6) is 0. The maximum atomic E-state index is 3.00. The second-order valence-corrected chi connectivity index (χ2v) is 11.8. The Morgan fingerprint density at radius 1 is 0.720 bits per heavy atom. The van der Waals surface area contributed by atoms with Crippen molar-refractivity contribution in [3.63, 3.8) is 0 Å². The zero-order valence-electron chi connectivity index (χ0n) is 14.6. The second-order valence-electron chi connectivity index (χ2n) is 6.10. The van der Waals surface area contributed by atoms with Gasteiger partial charge in [0.2, 0.25) is 0 Å². The summed E-state index contributed by atoms with van der Waals surface area (Å²) in [6.45, 7) is 10.4. The fraction of sp³-hybridized carbons (Fsp3) is 0.182. The summed E-state index contributed by atoms with van der Waals surface area (Å²) in [6, 6.07) is 13.8. The Hall–Kier alpha value is -0.890. The average molecular weight is 536 g/mol. The van der Waals surface area contributed by atoms with E-state index in [1.54, 1.807) is 11.1 Å². The van der Waals surface area contributed by atoms with Gasteiger partial charge in [-0.1, -0.05) is 0 Å². The molecule has 0 bridgehead atoms. The molecule has 0 amide bonds. The van der Waals surface area contributed by atoms with Crippen molar-refractivity contribution in [1.29, 1.82) is 0 Å². The standard InChI is InChI=1S/2C10H9.C2H4.2ClH.Hf/c2*1-8-5-6-9-3-2-4-10(9)7-8;1-2;;;/h2*2-7H,1H3;1-2H2;2*1H;/q;;;;;+2/p-2. The van der Waals surface area contributed by atoms with Gasteiger partial charge in [-0.3, -0.25) is 0 Å². The third-order valence-corrected chi connectivity index (χ3v) is 10.6. The van der Waals surface area contributed by atoms with E-state index in [9.17, 15) is 0 Å². The van der Waals surface area contributed by atoms with Crippen LogP contribution in [-0.2, 0) is 22.9 Å². The molecular weight excluding hydrogens is 514 g/mol. The third-order valence-electron chi connectivity index (χ3n) is 4.45. The Bertz CT molecular complexity index is 727. The van der Waals surface area contributed by atoms with Crippen molar-refractivity contribution >= 4 is 12.2 Å². The van der Waals surface area contributed by atoms with Crippen LogP contribution >= 0.6 is 0 Å². The van der Waals surface area contributed by atoms with E-state index in [1.807, 2.05) is 0 Å². The van der Waals surface area contributed by atoms with Gasteiger partial charge in [-0.25, -0.2) is 0 Å². The predicted octanol–water partition coefficient (Wildman–Crippen LogP) is 0.0321. The average Bonchev–Trinajstić information content (AvgIpc) is 3.14. The molecule has 4 rings (SSSR count). The van der Waals surface area contributed by atoms with Crippen molar-refractivity contribution in [2.75, 3.05) is 0 Å². The first kappa shape index (κ1) is 22.2. The Morgan fingerprint density at radius 3 is 1.52 bits per heavy atom. The summed E-state index contributed by atoms with van der Waals surface area (Å²) in [5, 5.41) is 0. The summed E-state index contributed by atoms with van der Waals surface area (Å²) in [4.78, 5) is 0. The molecule has 0 heterocycles. The van der Waals surface area contributed by atoms with Gasteiger partial charge in [0, 0.05) is 0 Å². The van der Waals surface area contributed by atoms with Crippen molar-refractivity contribution < 1.29 is 47.7 Å². The predicted molar refractivity (Wildman–Crippen MR) is 97.2 cm³/mol. The molecule has 2 aliphatic carbocycles. The van der Waals surface area contributed by atoms with Crippen LogP contribution in [-0.4, -0.2) is 0 Å².